The van der Waals surface area contributed by atoms with Gasteiger partial charge in [-0.25, -0.2) is 0 Å². The molecule has 0 N–H and O–H groups in total. The van der Waals surface area contributed by atoms with Crippen LogP contribution in [0.25, 0.3) is 0 Å². The molecule has 0 aliphatic carbocycles. The molecule has 5 radical (unpaired) electrons. The highest BCUT2D eigenvalue weighted by atomic mass is 31.1. The summed E-state index contributed by atoms with van der Waals surface area (Å²) >= 11 is 0. The van der Waals surface area contributed by atoms with E-state index in [2.05, 4.69) is 0 Å². The molecule has 0 aromatic heterocycles. The molecule has 1 unspecified atom stereocenters. The van der Waals surface area contributed by atoms with Gasteiger partial charge in [-0.05, 0) is 0 Å². The smallest absolute Gasteiger partial charge is 0.150 e. The molecular formula is C6H12O3P. The highest BCUT2D eigenvalue weighted by Gasteiger charge is 1.94. The quantitative estimate of drug-likeness (QED) is 0.505. The van der Waals surface area contributed by atoms with Crippen LogP contribution in [-0.4, -0.2) is 19.9 Å². The second kappa shape index (κ2) is 9.31. The van der Waals surface area contributed by atoms with Crippen molar-refractivity contribution in [1.82, 2.24) is 0 Å². The highest BCUT2D eigenvalue weighted by molar-refractivity contribution is 7.39. The van der Waals surface area contributed by atoms with E-state index in [4.69, 9.17) is 14.2 Å². The van der Waals surface area contributed by atoms with E-state index >= 15 is 0 Å². The molecule has 1 fully saturated rings. The molecule has 0 aromatic carbocycles. The van der Waals surface area contributed by atoms with Crippen molar-refractivity contribution < 1.29 is 14.2 Å². The molecule has 10 heavy (non-hydrogen) atoms. The van der Waals surface area contributed by atoms with Crippen LogP contribution < -0.4 is 0 Å². The van der Waals surface area contributed by atoms with Gasteiger partial charge in [-0.15, -0.1) is 0 Å². The SMILES string of the molecule is [CH2].[CH2].[CH]1OCOCOCP1. The Bertz CT molecular complexity index is 37.0. The summed E-state index contributed by atoms with van der Waals surface area (Å²) in [7, 11) is 0.641. The third kappa shape index (κ3) is 6.43. The van der Waals surface area contributed by atoms with Gasteiger partial charge in [0.1, 0.15) is 13.1 Å². The van der Waals surface area contributed by atoms with Crippen LogP contribution in [0.1, 0.15) is 0 Å². The number of rotatable bonds is 0. The van der Waals surface area contributed by atoms with Crippen molar-refractivity contribution in [3.8, 4) is 0 Å². The second-order valence-electron chi connectivity index (χ2n) is 1.28. The van der Waals surface area contributed by atoms with E-state index in [0.717, 1.165) is 6.35 Å². The lowest BCUT2D eigenvalue weighted by molar-refractivity contribution is -0.110. The van der Waals surface area contributed by atoms with Gasteiger partial charge in [0.2, 0.25) is 0 Å². The fourth-order valence-corrected chi connectivity index (χ4v) is 0.824. The number of hydrogen-bond acceptors (Lipinski definition) is 3. The average Bonchev–Trinajstić information content (AvgIpc) is 1.62. The van der Waals surface area contributed by atoms with Gasteiger partial charge >= 0.3 is 0 Å². The number of hydrogen-bond donors (Lipinski definition) is 0. The molecule has 1 atom stereocenters. The minimum absolute atomic E-state index is 0. The minimum Gasteiger partial charge on any atom is -0.351 e. The fourth-order valence-electron chi connectivity index (χ4n) is 0.369. The molecule has 1 aliphatic rings. The third-order valence-electron chi connectivity index (χ3n) is 0.670. The molecule has 59 valence electrons. The zero-order valence-electron chi connectivity index (χ0n) is 5.84. The lowest BCUT2D eigenvalue weighted by Crippen LogP contribution is -2.05. The molecule has 1 rings (SSSR count). The summed E-state index contributed by atoms with van der Waals surface area (Å²) in [5.74, 6) is 0. The number of ether oxygens (including phenoxy) is 3. The van der Waals surface area contributed by atoms with Gasteiger partial charge in [-0.1, -0.05) is 23.4 Å². The average molecular weight is 163 g/mol. The van der Waals surface area contributed by atoms with E-state index in [9.17, 15) is 0 Å². The topological polar surface area (TPSA) is 27.7 Å². The summed E-state index contributed by atoms with van der Waals surface area (Å²) in [6.07, 6.45) is 2.44. The maximum atomic E-state index is 4.95. The largest absolute Gasteiger partial charge is 0.351 e. The van der Waals surface area contributed by atoms with Crippen LogP contribution >= 0.6 is 8.58 Å². The fraction of sp³-hybridized carbons (Fsp3) is 0.500. The van der Waals surface area contributed by atoms with E-state index < -0.39 is 0 Å². The molecule has 1 heterocycles. The lowest BCUT2D eigenvalue weighted by Gasteiger charge is -2.09. The monoisotopic (exact) mass is 163 g/mol. The molecule has 0 amide bonds. The van der Waals surface area contributed by atoms with Crippen molar-refractivity contribution >= 4 is 8.58 Å². The Morgan fingerprint density at radius 1 is 1.10 bits per heavy atom. The van der Waals surface area contributed by atoms with Crippen molar-refractivity contribution in [2.45, 2.75) is 0 Å². The zero-order valence-corrected chi connectivity index (χ0v) is 6.84. The van der Waals surface area contributed by atoms with Gasteiger partial charge in [0, 0.05) is 0 Å². The van der Waals surface area contributed by atoms with Gasteiger partial charge in [0.25, 0.3) is 0 Å². The molecule has 0 bridgehead atoms. The molecule has 0 saturated carbocycles. The molecular weight excluding hydrogens is 151 g/mol. The molecule has 1 saturated heterocycles. The molecule has 0 spiro atoms. The predicted octanol–water partition coefficient (Wildman–Crippen LogP) is 1.37. The van der Waals surface area contributed by atoms with E-state index in [1.807, 2.05) is 0 Å². The summed E-state index contributed by atoms with van der Waals surface area (Å²) in [6.45, 7) is 0.688. The summed E-state index contributed by atoms with van der Waals surface area (Å²) in [6, 6.07) is 0. The molecule has 1 aliphatic heterocycles. The van der Waals surface area contributed by atoms with E-state index in [0.29, 0.717) is 22.2 Å². The first-order chi connectivity index (χ1) is 4.00. The van der Waals surface area contributed by atoms with Crippen LogP contribution in [0.3, 0.4) is 0 Å². The summed E-state index contributed by atoms with van der Waals surface area (Å²) < 4.78 is 14.6. The Hall–Kier alpha value is 0.310. The van der Waals surface area contributed by atoms with Gasteiger partial charge in [0.15, 0.2) is 6.79 Å². The first-order valence-electron chi connectivity index (χ1n) is 2.32. The molecule has 3 nitrogen and oxygen atoms in total. The third-order valence-corrected chi connectivity index (χ3v) is 1.37. The van der Waals surface area contributed by atoms with Gasteiger partial charge in [0.05, 0.1) is 6.35 Å². The van der Waals surface area contributed by atoms with E-state index in [-0.39, 0.29) is 14.9 Å². The van der Waals surface area contributed by atoms with Crippen LogP contribution in [0.4, 0.5) is 0 Å². The van der Waals surface area contributed by atoms with Crippen LogP contribution in [0.15, 0.2) is 0 Å². The predicted molar refractivity (Wildman–Crippen MR) is 41.2 cm³/mol. The summed E-state index contributed by atoms with van der Waals surface area (Å²) in [5, 5.41) is 0. The van der Waals surface area contributed by atoms with E-state index in [1.54, 1.807) is 6.35 Å². The Balaban J connectivity index is 0. The maximum Gasteiger partial charge on any atom is 0.150 e. The van der Waals surface area contributed by atoms with Crippen molar-refractivity contribution in [1.29, 1.82) is 0 Å². The Kier molecular flexibility index (Phi) is 12.0. The van der Waals surface area contributed by atoms with Gasteiger partial charge < -0.3 is 14.2 Å². The van der Waals surface area contributed by atoms with Crippen molar-refractivity contribution in [2.75, 3.05) is 19.9 Å². The second-order valence-corrected chi connectivity index (χ2v) is 2.21. The minimum atomic E-state index is 0. The molecule has 0 aromatic rings. The van der Waals surface area contributed by atoms with Crippen LogP contribution in [-0.2, 0) is 14.2 Å². The lowest BCUT2D eigenvalue weighted by atomic mass is 11.3. The maximum absolute atomic E-state index is 4.95. The zero-order chi connectivity index (χ0) is 5.66. The van der Waals surface area contributed by atoms with Crippen LogP contribution in [0.5, 0.6) is 0 Å². The standard InChI is InChI=1S/C4H8O3P.2CH2/c1-5-2-7-4-8-3-6-1;;/h3,8H,1-2,4H2;2*1H2. The van der Waals surface area contributed by atoms with Crippen molar-refractivity contribution in [3.63, 3.8) is 0 Å². The first-order valence-corrected chi connectivity index (χ1v) is 3.61. The summed E-state index contributed by atoms with van der Waals surface area (Å²) in [4.78, 5) is 0. The highest BCUT2D eigenvalue weighted by Crippen LogP contribution is 2.16. The normalized spacial score (nSPS) is 19.2. The Morgan fingerprint density at radius 3 is 2.70 bits per heavy atom. The van der Waals surface area contributed by atoms with Crippen molar-refractivity contribution in [3.05, 3.63) is 21.2 Å². The van der Waals surface area contributed by atoms with Crippen LogP contribution in [0.2, 0.25) is 0 Å². The summed E-state index contributed by atoms with van der Waals surface area (Å²) in [5.41, 5.74) is 0. The first kappa shape index (κ1) is 12.9. The Morgan fingerprint density at radius 2 is 1.90 bits per heavy atom. The Labute approximate surface area is 64.8 Å². The van der Waals surface area contributed by atoms with E-state index in [1.165, 1.54) is 0 Å². The van der Waals surface area contributed by atoms with Gasteiger partial charge in [-0.2, -0.15) is 0 Å². The van der Waals surface area contributed by atoms with Crippen LogP contribution in [0, 0.1) is 21.2 Å². The van der Waals surface area contributed by atoms with Crippen molar-refractivity contribution in [2.24, 2.45) is 0 Å². The van der Waals surface area contributed by atoms with Gasteiger partial charge in [-0.3, -0.25) is 0 Å². The molecule has 4 heteroatoms.